The summed E-state index contributed by atoms with van der Waals surface area (Å²) in [7, 11) is 1.19. The molecule has 0 bridgehead atoms. The van der Waals surface area contributed by atoms with Crippen LogP contribution >= 0.6 is 11.6 Å². The van der Waals surface area contributed by atoms with E-state index in [1.54, 1.807) is 12.1 Å². The summed E-state index contributed by atoms with van der Waals surface area (Å²) >= 11 is 6.44. The van der Waals surface area contributed by atoms with Gasteiger partial charge in [0.1, 0.15) is 17.9 Å². The summed E-state index contributed by atoms with van der Waals surface area (Å²) in [6.07, 6.45) is -1.82. The Morgan fingerprint density at radius 2 is 1.92 bits per heavy atom. The van der Waals surface area contributed by atoms with Crippen LogP contribution in [0.25, 0.3) is 0 Å². The Hall–Kier alpha value is -3.31. The average molecular weight is 539 g/mol. The van der Waals surface area contributed by atoms with Crippen molar-refractivity contribution in [2.75, 3.05) is 31.6 Å². The molecule has 198 valence electrons. The number of methoxy groups -OCH3 is 1. The van der Waals surface area contributed by atoms with Crippen molar-refractivity contribution in [1.29, 1.82) is 0 Å². The Morgan fingerprint density at radius 1 is 1.19 bits per heavy atom. The minimum Gasteiger partial charge on any atom is -0.453 e. The van der Waals surface area contributed by atoms with E-state index < -0.39 is 60.6 Å². The van der Waals surface area contributed by atoms with Gasteiger partial charge in [-0.25, -0.2) is 18.0 Å². The van der Waals surface area contributed by atoms with E-state index in [0.717, 1.165) is 11.0 Å². The van der Waals surface area contributed by atoms with E-state index in [2.05, 4.69) is 10.6 Å². The summed E-state index contributed by atoms with van der Waals surface area (Å²) in [6.45, 7) is 0.606. The van der Waals surface area contributed by atoms with E-state index in [1.807, 2.05) is 0 Å². The molecule has 8 nitrogen and oxygen atoms in total. The highest BCUT2D eigenvalue weighted by Crippen LogP contribution is 2.39. The topological polar surface area (TPSA) is 91.0 Å². The number of alkyl halides is 2. The van der Waals surface area contributed by atoms with Crippen molar-refractivity contribution in [3.63, 3.8) is 0 Å². The van der Waals surface area contributed by atoms with Crippen LogP contribution in [0.3, 0.4) is 0 Å². The molecule has 2 aromatic carbocycles. The van der Waals surface area contributed by atoms with Gasteiger partial charge in [0.2, 0.25) is 5.91 Å². The van der Waals surface area contributed by atoms with Gasteiger partial charge < -0.3 is 15.4 Å². The van der Waals surface area contributed by atoms with Crippen molar-refractivity contribution in [2.45, 2.75) is 36.9 Å². The first-order valence-corrected chi connectivity index (χ1v) is 12.1. The zero-order valence-corrected chi connectivity index (χ0v) is 20.7. The highest BCUT2D eigenvalue weighted by atomic mass is 35.5. The van der Waals surface area contributed by atoms with E-state index in [1.165, 1.54) is 42.3 Å². The van der Waals surface area contributed by atoms with Crippen molar-refractivity contribution < 1.29 is 32.3 Å². The third-order valence-electron chi connectivity index (χ3n) is 6.40. The summed E-state index contributed by atoms with van der Waals surface area (Å²) in [6, 6.07) is 7.99. The third kappa shape index (κ3) is 5.83. The number of carbonyl (C=O) groups is 3. The number of benzene rings is 2. The third-order valence-corrected chi connectivity index (χ3v) is 6.75. The molecule has 0 radical (unpaired) electrons. The monoisotopic (exact) mass is 538 g/mol. The lowest BCUT2D eigenvalue weighted by molar-refractivity contribution is -0.133. The van der Waals surface area contributed by atoms with Crippen LogP contribution in [0.2, 0.25) is 5.02 Å². The second kappa shape index (κ2) is 11.0. The summed E-state index contributed by atoms with van der Waals surface area (Å²) in [5.74, 6) is -5.02. The molecule has 1 saturated carbocycles. The molecule has 2 fully saturated rings. The van der Waals surface area contributed by atoms with Crippen molar-refractivity contribution in [3.05, 3.63) is 64.9 Å². The van der Waals surface area contributed by atoms with Gasteiger partial charge in [-0.2, -0.15) is 0 Å². The van der Waals surface area contributed by atoms with Gasteiger partial charge in [-0.15, -0.1) is 0 Å². The van der Waals surface area contributed by atoms with Gasteiger partial charge in [0.15, 0.2) is 0 Å². The highest BCUT2D eigenvalue weighted by molar-refractivity contribution is 6.31. The zero-order valence-electron chi connectivity index (χ0n) is 19.9. The first kappa shape index (κ1) is 26.7. The molecule has 1 saturated heterocycles. The van der Waals surface area contributed by atoms with Crippen LogP contribution in [0.5, 0.6) is 0 Å². The van der Waals surface area contributed by atoms with E-state index in [0.29, 0.717) is 6.54 Å². The van der Waals surface area contributed by atoms with Gasteiger partial charge in [-0.05, 0) is 24.3 Å². The van der Waals surface area contributed by atoms with Crippen LogP contribution in [0.1, 0.15) is 24.4 Å². The fraction of sp³-hybridized carbons (Fsp3) is 0.400. The summed E-state index contributed by atoms with van der Waals surface area (Å²) in [4.78, 5) is 42.5. The summed E-state index contributed by atoms with van der Waals surface area (Å²) < 4.78 is 46.2. The lowest BCUT2D eigenvalue weighted by Gasteiger charge is -2.41. The summed E-state index contributed by atoms with van der Waals surface area (Å²) in [5, 5.41) is 5.76. The maximum absolute atomic E-state index is 14.4. The number of anilines is 1. The average Bonchev–Trinajstić information content (AvgIpc) is 2.85. The van der Waals surface area contributed by atoms with Gasteiger partial charge in [0.05, 0.1) is 7.11 Å². The summed E-state index contributed by atoms with van der Waals surface area (Å²) in [5.41, 5.74) is 0.234. The van der Waals surface area contributed by atoms with Crippen LogP contribution in [0.15, 0.2) is 48.5 Å². The first-order chi connectivity index (χ1) is 17.6. The first-order valence-electron chi connectivity index (χ1n) is 11.7. The molecule has 2 N–H and O–H groups in total. The largest absolute Gasteiger partial charge is 0.453 e. The number of hydrogen-bond acceptors (Lipinski definition) is 5. The molecule has 1 unspecified atom stereocenters. The molecule has 0 spiro atoms. The molecular formula is C25H26ClF3N4O4. The lowest BCUT2D eigenvalue weighted by Crippen LogP contribution is -2.62. The lowest BCUT2D eigenvalue weighted by atomic mass is 9.87. The maximum atomic E-state index is 14.4. The number of nitrogens with zero attached hydrogens (tertiary/aromatic N) is 2. The van der Waals surface area contributed by atoms with Crippen LogP contribution in [0, 0.1) is 5.82 Å². The molecule has 1 aliphatic heterocycles. The van der Waals surface area contributed by atoms with E-state index in [-0.39, 0.29) is 29.4 Å². The number of amides is 3. The van der Waals surface area contributed by atoms with E-state index in [4.69, 9.17) is 16.3 Å². The van der Waals surface area contributed by atoms with Gasteiger partial charge in [0, 0.05) is 54.8 Å². The van der Waals surface area contributed by atoms with Gasteiger partial charge in [-0.3, -0.25) is 19.4 Å². The number of rotatable bonds is 6. The quantitative estimate of drug-likeness (QED) is 0.587. The molecule has 2 aromatic rings. The van der Waals surface area contributed by atoms with E-state index >= 15 is 0 Å². The van der Waals surface area contributed by atoms with Gasteiger partial charge in [0.25, 0.3) is 11.8 Å². The van der Waals surface area contributed by atoms with Crippen molar-refractivity contribution in [2.24, 2.45) is 0 Å². The van der Waals surface area contributed by atoms with Crippen LogP contribution in [0.4, 0.5) is 23.7 Å². The van der Waals surface area contributed by atoms with Crippen molar-refractivity contribution in [1.82, 2.24) is 15.5 Å². The normalized spacial score (nSPS) is 19.9. The Morgan fingerprint density at radius 3 is 2.57 bits per heavy atom. The highest BCUT2D eigenvalue weighted by Gasteiger charge is 2.48. The second-order valence-electron chi connectivity index (χ2n) is 8.97. The molecule has 2 aliphatic rings. The number of hydrogen-bond donors (Lipinski definition) is 2. The fourth-order valence-electron chi connectivity index (χ4n) is 4.59. The van der Waals surface area contributed by atoms with Crippen LogP contribution in [-0.2, 0) is 14.3 Å². The molecule has 1 heterocycles. The van der Waals surface area contributed by atoms with Gasteiger partial charge in [-0.1, -0.05) is 35.9 Å². The maximum Gasteiger partial charge on any atom is 0.410 e. The minimum absolute atomic E-state index is 0.0272. The molecule has 1 aliphatic carbocycles. The van der Waals surface area contributed by atoms with Crippen molar-refractivity contribution in [3.8, 4) is 0 Å². The Bertz CT molecular complexity index is 1180. The minimum atomic E-state index is -2.88. The molecule has 4 rings (SSSR count). The number of piperazine rings is 1. The Labute approximate surface area is 216 Å². The zero-order chi connectivity index (χ0) is 26.7. The molecule has 3 amide bonds. The predicted molar refractivity (Wildman–Crippen MR) is 130 cm³/mol. The molecule has 2 atom stereocenters. The number of ether oxygens (including phenoxy) is 1. The smallest absolute Gasteiger partial charge is 0.410 e. The Balaban J connectivity index is 1.80. The SMILES string of the molecule is COC(=O)N1CCNC[C@H]1C(=O)N(c1cccc(F)c1)C(C(=O)NC1CC(F)(F)C1)c1ccccc1Cl. The predicted octanol–water partition coefficient (Wildman–Crippen LogP) is 3.51. The van der Waals surface area contributed by atoms with E-state index in [9.17, 15) is 27.6 Å². The number of nitrogens with one attached hydrogen (secondary N) is 2. The van der Waals surface area contributed by atoms with Crippen LogP contribution < -0.4 is 15.5 Å². The molecule has 12 heteroatoms. The molecule has 0 aromatic heterocycles. The standard InChI is InChI=1S/C25H26ClF3N4O4/c1-37-24(36)32-10-9-30-14-20(32)23(35)33(17-6-4-5-15(27)11-17)21(18-7-2-3-8-19(18)26)22(34)31-16-12-25(28,29)13-16/h2-8,11,16,20-21,30H,9-10,12-14H2,1H3,(H,31,34)/t20-,21?/m0/s1. The van der Waals surface area contributed by atoms with Gasteiger partial charge >= 0.3 is 6.09 Å². The molecule has 37 heavy (non-hydrogen) atoms. The fourth-order valence-corrected chi connectivity index (χ4v) is 4.83. The molecular weight excluding hydrogens is 513 g/mol. The Kier molecular flexibility index (Phi) is 7.93. The number of carbonyl (C=O) groups excluding carboxylic acids is 3. The van der Waals surface area contributed by atoms with Crippen molar-refractivity contribution >= 4 is 35.2 Å². The number of halogens is 4. The van der Waals surface area contributed by atoms with Crippen LogP contribution in [-0.4, -0.2) is 67.6 Å². The second-order valence-corrected chi connectivity index (χ2v) is 9.37.